The highest BCUT2D eigenvalue weighted by Gasteiger charge is 2.51. The van der Waals surface area contributed by atoms with Crippen LogP contribution in [0.5, 0.6) is 0 Å². The van der Waals surface area contributed by atoms with Gasteiger partial charge in [-0.05, 0) is 62.5 Å². The maximum absolute atomic E-state index is 13.9. The van der Waals surface area contributed by atoms with E-state index in [0.717, 1.165) is 37.7 Å². The van der Waals surface area contributed by atoms with Gasteiger partial charge in [0.1, 0.15) is 17.6 Å². The molecule has 0 aromatic carbocycles. The average Bonchev–Trinajstić information content (AvgIpc) is 2.91. The van der Waals surface area contributed by atoms with Crippen molar-refractivity contribution in [3.05, 3.63) is 47.1 Å². The predicted octanol–water partition coefficient (Wildman–Crippen LogP) is 5.56. The van der Waals surface area contributed by atoms with E-state index in [0.29, 0.717) is 24.3 Å². The fraction of sp³-hybridized carbons (Fsp3) is 0.727. The maximum atomic E-state index is 13.9. The molecule has 2 saturated heterocycles. The summed E-state index contributed by atoms with van der Waals surface area (Å²) >= 11 is 0. The first-order valence-corrected chi connectivity index (χ1v) is 15.2. The fourth-order valence-corrected chi connectivity index (χ4v) is 7.03. The molecular formula is C33H50O7. The molecule has 2 N–H and O–H groups in total. The van der Waals surface area contributed by atoms with Crippen molar-refractivity contribution < 1.29 is 34.0 Å². The minimum Gasteiger partial charge on any atom is -0.462 e. The van der Waals surface area contributed by atoms with Gasteiger partial charge in [-0.15, -0.1) is 0 Å². The number of aliphatic hydroxyl groups excluding tert-OH is 1. The Kier molecular flexibility index (Phi) is 10.2. The third-order valence-corrected chi connectivity index (χ3v) is 9.44. The number of hydrogen-bond acceptors (Lipinski definition) is 7. The molecule has 7 nitrogen and oxygen atoms in total. The van der Waals surface area contributed by atoms with Crippen molar-refractivity contribution in [2.24, 2.45) is 17.8 Å². The molecule has 0 saturated carbocycles. The molecule has 4 rings (SSSR count). The van der Waals surface area contributed by atoms with Crippen LogP contribution in [0.15, 0.2) is 47.1 Å². The molecule has 4 aliphatic rings. The van der Waals surface area contributed by atoms with Gasteiger partial charge in [0.05, 0.1) is 24.9 Å². The molecule has 0 amide bonds. The van der Waals surface area contributed by atoms with E-state index in [2.05, 4.69) is 39.8 Å². The van der Waals surface area contributed by atoms with Crippen molar-refractivity contribution >= 4 is 5.97 Å². The van der Waals surface area contributed by atoms with Gasteiger partial charge in [0.2, 0.25) is 0 Å². The van der Waals surface area contributed by atoms with Gasteiger partial charge in [-0.3, -0.25) is 4.79 Å². The highest BCUT2D eigenvalue weighted by molar-refractivity contribution is 5.78. The van der Waals surface area contributed by atoms with Gasteiger partial charge in [0, 0.05) is 32.8 Å². The number of ether oxygens (including phenoxy) is 4. The van der Waals surface area contributed by atoms with E-state index in [1.54, 1.807) is 19.3 Å². The highest BCUT2D eigenvalue weighted by atomic mass is 16.7. The molecule has 0 unspecified atom stereocenters. The summed E-state index contributed by atoms with van der Waals surface area (Å²) < 4.78 is 25.2. The number of methoxy groups -OCH3 is 1. The van der Waals surface area contributed by atoms with Crippen LogP contribution in [0.4, 0.5) is 0 Å². The quantitative estimate of drug-likeness (QED) is 0.346. The number of hydrogen-bond donors (Lipinski definition) is 2. The molecule has 0 aromatic rings. The van der Waals surface area contributed by atoms with E-state index in [-0.39, 0.29) is 37.3 Å². The first-order chi connectivity index (χ1) is 19.0. The van der Waals surface area contributed by atoms with Crippen molar-refractivity contribution in [1.29, 1.82) is 0 Å². The Bertz CT molecular complexity index is 1030. The van der Waals surface area contributed by atoms with Crippen LogP contribution in [-0.4, -0.2) is 65.7 Å². The monoisotopic (exact) mass is 558 g/mol. The zero-order chi connectivity index (χ0) is 29.1. The molecule has 9 atom stereocenters. The molecule has 1 aliphatic carbocycles. The Morgan fingerprint density at radius 3 is 2.62 bits per heavy atom. The van der Waals surface area contributed by atoms with Crippen molar-refractivity contribution in [2.75, 3.05) is 13.7 Å². The molecule has 7 heteroatoms. The predicted molar refractivity (Wildman–Crippen MR) is 154 cm³/mol. The smallest absolute Gasteiger partial charge is 0.316 e. The van der Waals surface area contributed by atoms with E-state index in [4.69, 9.17) is 18.9 Å². The van der Waals surface area contributed by atoms with Crippen LogP contribution in [0.1, 0.15) is 86.0 Å². The molecule has 3 heterocycles. The zero-order valence-corrected chi connectivity index (χ0v) is 25.2. The van der Waals surface area contributed by atoms with E-state index < -0.39 is 29.4 Å². The molecule has 0 aromatic heterocycles. The second kappa shape index (κ2) is 13.0. The summed E-state index contributed by atoms with van der Waals surface area (Å²) in [5.74, 6) is -1.53. The largest absolute Gasteiger partial charge is 0.462 e. The number of aliphatic hydroxyl groups is 2. The third kappa shape index (κ3) is 6.81. The summed E-state index contributed by atoms with van der Waals surface area (Å²) in [6.07, 6.45) is 14.3. The zero-order valence-electron chi connectivity index (χ0n) is 25.2. The minimum atomic E-state index is -1.64. The van der Waals surface area contributed by atoms with E-state index in [1.807, 2.05) is 13.0 Å². The summed E-state index contributed by atoms with van der Waals surface area (Å²) in [5.41, 5.74) is 0.868. The van der Waals surface area contributed by atoms with Crippen LogP contribution in [0, 0.1) is 17.8 Å². The Morgan fingerprint density at radius 2 is 1.93 bits per heavy atom. The van der Waals surface area contributed by atoms with E-state index in [1.165, 1.54) is 5.57 Å². The van der Waals surface area contributed by atoms with Crippen LogP contribution >= 0.6 is 0 Å². The van der Waals surface area contributed by atoms with Crippen LogP contribution in [0.25, 0.3) is 0 Å². The summed E-state index contributed by atoms with van der Waals surface area (Å²) in [4.78, 5) is 13.9. The van der Waals surface area contributed by atoms with Crippen LogP contribution in [-0.2, 0) is 23.7 Å². The second-order valence-corrected chi connectivity index (χ2v) is 12.7. The molecule has 2 fully saturated rings. The molecular weight excluding hydrogens is 508 g/mol. The lowest BCUT2D eigenvalue weighted by Gasteiger charge is -2.50. The Balaban J connectivity index is 1.73. The fourth-order valence-electron chi connectivity index (χ4n) is 7.03. The van der Waals surface area contributed by atoms with E-state index in [9.17, 15) is 15.0 Å². The first kappa shape index (κ1) is 31.2. The molecule has 0 radical (unpaired) electrons. The Labute approximate surface area is 240 Å². The van der Waals surface area contributed by atoms with Gasteiger partial charge in [-0.25, -0.2) is 0 Å². The van der Waals surface area contributed by atoms with Gasteiger partial charge in [0.15, 0.2) is 5.79 Å². The van der Waals surface area contributed by atoms with Gasteiger partial charge in [0.25, 0.3) is 0 Å². The summed E-state index contributed by atoms with van der Waals surface area (Å²) in [7, 11) is 1.59. The third-order valence-electron chi connectivity index (χ3n) is 9.44. The molecule has 40 heavy (non-hydrogen) atoms. The lowest BCUT2D eigenvalue weighted by atomic mass is 9.71. The second-order valence-electron chi connectivity index (χ2n) is 12.7. The first-order valence-electron chi connectivity index (χ1n) is 15.2. The number of esters is 1. The van der Waals surface area contributed by atoms with Gasteiger partial charge < -0.3 is 29.2 Å². The topological polar surface area (TPSA) is 94.5 Å². The number of carbonyl (C=O) groups is 1. The minimum absolute atomic E-state index is 0.101. The number of fused-ring (bicyclic) bond motifs is 3. The summed E-state index contributed by atoms with van der Waals surface area (Å²) in [5, 5.41) is 22.4. The van der Waals surface area contributed by atoms with Crippen molar-refractivity contribution in [3.8, 4) is 0 Å². The molecule has 2 bridgehead atoms. The number of allylic oxidation sites excluding steroid dienone is 4. The standard InChI is InChI=1S/C33H50O7/c1-7-29-23(4)13-14-32(40-29)18-27-17-26(39-32)12-11-22(3)15-21(2)9-8-10-25(20-34)33(36)19-30(37-6)24(5)16-28(33)31(35)38-27/h8-11,16,21,23,26-30,34,36H,7,12-15,17-20H2,1-6H3/b9-8+,22-11+,25-10+/t21-,23-,26+,27-,28-,29-,30-,32+,33+/m0/s1. The molecule has 224 valence electrons. The van der Waals surface area contributed by atoms with Crippen LogP contribution in [0.2, 0.25) is 0 Å². The lowest BCUT2D eigenvalue weighted by Crippen LogP contribution is -2.55. The van der Waals surface area contributed by atoms with Gasteiger partial charge in [-0.2, -0.15) is 0 Å². The average molecular weight is 559 g/mol. The molecule has 3 aliphatic heterocycles. The maximum Gasteiger partial charge on any atom is 0.316 e. The Hall–Kier alpha value is -1.77. The number of carbonyl (C=O) groups excluding carboxylic acids is 1. The van der Waals surface area contributed by atoms with E-state index >= 15 is 0 Å². The lowest BCUT2D eigenvalue weighted by molar-refractivity contribution is -0.335. The normalized spacial score (nSPS) is 44.9. The van der Waals surface area contributed by atoms with Crippen LogP contribution in [0.3, 0.4) is 0 Å². The molecule has 1 spiro atoms. The van der Waals surface area contributed by atoms with Crippen LogP contribution < -0.4 is 0 Å². The SMILES string of the molecule is CC[C@@H]1O[C@]2(CC[C@@H]1C)C[C@@H]1C[C@@H](C/C=C(\C)C[C@@H](C)/C=C/C=C(\CO)[C@]3(O)C[C@H](OC)C(C)=C[C@H]3C(=O)O1)O2. The van der Waals surface area contributed by atoms with Crippen molar-refractivity contribution in [2.45, 2.75) is 122 Å². The summed E-state index contributed by atoms with van der Waals surface area (Å²) in [6.45, 7) is 10.2. The number of rotatable bonds is 3. The van der Waals surface area contributed by atoms with Gasteiger partial charge in [-0.1, -0.05) is 56.7 Å². The highest BCUT2D eigenvalue weighted by Crippen LogP contribution is 2.45. The van der Waals surface area contributed by atoms with Crippen molar-refractivity contribution in [3.63, 3.8) is 0 Å². The Morgan fingerprint density at radius 1 is 1.15 bits per heavy atom. The van der Waals surface area contributed by atoms with Gasteiger partial charge >= 0.3 is 5.97 Å². The summed E-state index contributed by atoms with van der Waals surface area (Å²) in [6, 6.07) is 0. The van der Waals surface area contributed by atoms with Crippen molar-refractivity contribution in [1.82, 2.24) is 0 Å².